The summed E-state index contributed by atoms with van der Waals surface area (Å²) in [5, 5.41) is 8.87. The van der Waals surface area contributed by atoms with Crippen molar-refractivity contribution in [2.45, 2.75) is 18.8 Å². The standard InChI is InChI=1S/C11H14F3NO/c1-15(8-10(16)11(12,13)14)7-9-5-3-2-4-6-9/h2-6,10,16H,7-8H2,1H3/t10-/m0/s1. The summed E-state index contributed by atoms with van der Waals surface area (Å²) in [5.41, 5.74) is 0.916. The van der Waals surface area contributed by atoms with Crippen LogP contribution in [0.1, 0.15) is 5.56 Å². The number of halogens is 3. The summed E-state index contributed by atoms with van der Waals surface area (Å²) < 4.78 is 36.2. The lowest BCUT2D eigenvalue weighted by molar-refractivity contribution is -0.207. The minimum absolute atomic E-state index is 0.383. The maximum absolute atomic E-state index is 12.1. The van der Waals surface area contributed by atoms with Crippen LogP contribution in [0.25, 0.3) is 0 Å². The van der Waals surface area contributed by atoms with E-state index < -0.39 is 18.8 Å². The van der Waals surface area contributed by atoms with Crippen LogP contribution in [0.15, 0.2) is 30.3 Å². The van der Waals surface area contributed by atoms with Crippen LogP contribution < -0.4 is 0 Å². The lowest BCUT2D eigenvalue weighted by Crippen LogP contribution is -2.39. The van der Waals surface area contributed by atoms with Crippen LogP contribution in [0.3, 0.4) is 0 Å². The Kier molecular flexibility index (Phi) is 4.32. The number of alkyl halides is 3. The lowest BCUT2D eigenvalue weighted by atomic mass is 10.2. The molecular formula is C11H14F3NO. The predicted molar refractivity (Wildman–Crippen MR) is 54.8 cm³/mol. The van der Waals surface area contributed by atoms with Crippen LogP contribution in [0.5, 0.6) is 0 Å². The van der Waals surface area contributed by atoms with E-state index in [1.807, 2.05) is 30.3 Å². The van der Waals surface area contributed by atoms with Crippen molar-refractivity contribution < 1.29 is 18.3 Å². The van der Waals surface area contributed by atoms with Gasteiger partial charge in [0.1, 0.15) is 0 Å². The van der Waals surface area contributed by atoms with Crippen molar-refractivity contribution in [3.05, 3.63) is 35.9 Å². The molecule has 1 aromatic carbocycles. The van der Waals surface area contributed by atoms with Crippen LogP contribution >= 0.6 is 0 Å². The third-order valence-corrected chi connectivity index (χ3v) is 2.16. The summed E-state index contributed by atoms with van der Waals surface area (Å²) in [6, 6.07) is 9.15. The van der Waals surface area contributed by atoms with Gasteiger partial charge in [0.25, 0.3) is 0 Å². The molecule has 0 aromatic heterocycles. The molecule has 0 bridgehead atoms. The minimum Gasteiger partial charge on any atom is -0.382 e. The van der Waals surface area contributed by atoms with E-state index in [0.717, 1.165) is 5.56 Å². The van der Waals surface area contributed by atoms with Crippen molar-refractivity contribution in [2.24, 2.45) is 0 Å². The number of aliphatic hydroxyl groups is 1. The number of rotatable bonds is 4. The molecule has 1 rings (SSSR count). The van der Waals surface area contributed by atoms with Gasteiger partial charge >= 0.3 is 6.18 Å². The van der Waals surface area contributed by atoms with Gasteiger partial charge in [-0.2, -0.15) is 13.2 Å². The second kappa shape index (κ2) is 5.32. The van der Waals surface area contributed by atoms with Crippen LogP contribution in [0.2, 0.25) is 0 Å². The molecule has 0 amide bonds. The number of aliphatic hydroxyl groups excluding tert-OH is 1. The molecule has 1 N–H and O–H groups in total. The summed E-state index contributed by atoms with van der Waals surface area (Å²) in [4.78, 5) is 1.44. The van der Waals surface area contributed by atoms with Crippen molar-refractivity contribution >= 4 is 0 Å². The van der Waals surface area contributed by atoms with Crippen LogP contribution in [-0.4, -0.2) is 35.9 Å². The molecule has 0 aliphatic heterocycles. The number of likely N-dealkylation sites (N-methyl/N-ethyl adjacent to an activating group) is 1. The molecule has 0 fully saturated rings. The SMILES string of the molecule is CN(Cc1ccccc1)C[C@H](O)C(F)(F)F. The quantitative estimate of drug-likeness (QED) is 0.860. The molecule has 0 unspecified atom stereocenters. The van der Waals surface area contributed by atoms with Gasteiger partial charge in [-0.3, -0.25) is 4.90 Å². The van der Waals surface area contributed by atoms with Crippen LogP contribution in [-0.2, 0) is 6.54 Å². The second-order valence-electron chi connectivity index (χ2n) is 3.74. The Balaban J connectivity index is 2.45. The fourth-order valence-corrected chi connectivity index (χ4v) is 1.36. The van der Waals surface area contributed by atoms with Gasteiger partial charge in [0.15, 0.2) is 6.10 Å². The van der Waals surface area contributed by atoms with E-state index in [-0.39, 0.29) is 0 Å². The van der Waals surface area contributed by atoms with E-state index >= 15 is 0 Å². The van der Waals surface area contributed by atoms with Crippen molar-refractivity contribution in [1.82, 2.24) is 4.90 Å². The fourth-order valence-electron chi connectivity index (χ4n) is 1.36. The highest BCUT2D eigenvalue weighted by Gasteiger charge is 2.38. The zero-order valence-corrected chi connectivity index (χ0v) is 8.91. The Bertz CT molecular complexity index is 313. The van der Waals surface area contributed by atoms with E-state index in [9.17, 15) is 13.2 Å². The lowest BCUT2D eigenvalue weighted by Gasteiger charge is -2.22. The molecule has 0 radical (unpaired) electrons. The first-order chi connectivity index (χ1) is 7.39. The molecule has 16 heavy (non-hydrogen) atoms. The van der Waals surface area contributed by atoms with Crippen LogP contribution in [0.4, 0.5) is 13.2 Å². The smallest absolute Gasteiger partial charge is 0.382 e. The molecule has 1 aromatic rings. The average molecular weight is 233 g/mol. The third kappa shape index (κ3) is 4.20. The van der Waals surface area contributed by atoms with Crippen LogP contribution in [0, 0.1) is 0 Å². The molecule has 1 atom stereocenters. The Morgan fingerprint density at radius 2 is 1.81 bits per heavy atom. The van der Waals surface area contributed by atoms with Gasteiger partial charge in [0.2, 0.25) is 0 Å². The largest absolute Gasteiger partial charge is 0.415 e. The highest BCUT2D eigenvalue weighted by atomic mass is 19.4. The Hall–Kier alpha value is -1.07. The zero-order valence-electron chi connectivity index (χ0n) is 8.91. The monoisotopic (exact) mass is 233 g/mol. The van der Waals surface area contributed by atoms with Gasteiger partial charge in [-0.1, -0.05) is 30.3 Å². The summed E-state index contributed by atoms with van der Waals surface area (Å²) >= 11 is 0. The average Bonchev–Trinajstić information content (AvgIpc) is 2.17. The van der Waals surface area contributed by atoms with E-state index in [1.165, 1.54) is 4.90 Å². The first-order valence-electron chi connectivity index (χ1n) is 4.87. The normalized spacial score (nSPS) is 14.1. The van der Waals surface area contributed by atoms with E-state index in [0.29, 0.717) is 6.54 Å². The molecule has 90 valence electrons. The molecule has 0 aliphatic rings. The topological polar surface area (TPSA) is 23.5 Å². The summed E-state index contributed by atoms with van der Waals surface area (Å²) in [6.07, 6.45) is -6.84. The number of hydrogen-bond acceptors (Lipinski definition) is 2. The van der Waals surface area contributed by atoms with E-state index in [2.05, 4.69) is 0 Å². The van der Waals surface area contributed by atoms with Crippen molar-refractivity contribution in [1.29, 1.82) is 0 Å². The predicted octanol–water partition coefficient (Wildman–Crippen LogP) is 2.04. The van der Waals surface area contributed by atoms with Gasteiger partial charge in [-0.15, -0.1) is 0 Å². The van der Waals surface area contributed by atoms with Crippen molar-refractivity contribution in [3.63, 3.8) is 0 Å². The van der Waals surface area contributed by atoms with Gasteiger partial charge in [-0.25, -0.2) is 0 Å². The highest BCUT2D eigenvalue weighted by molar-refractivity contribution is 5.14. The number of benzene rings is 1. The molecule has 5 heteroatoms. The Morgan fingerprint density at radius 3 is 2.31 bits per heavy atom. The van der Waals surface area contributed by atoms with Gasteiger partial charge in [0.05, 0.1) is 0 Å². The minimum atomic E-state index is -4.55. The molecule has 2 nitrogen and oxygen atoms in total. The highest BCUT2D eigenvalue weighted by Crippen LogP contribution is 2.20. The van der Waals surface area contributed by atoms with E-state index in [1.54, 1.807) is 7.05 Å². The van der Waals surface area contributed by atoms with Gasteiger partial charge in [-0.05, 0) is 12.6 Å². The number of nitrogens with zero attached hydrogens (tertiary/aromatic N) is 1. The Labute approximate surface area is 92.3 Å². The summed E-state index contributed by atoms with van der Waals surface area (Å²) in [6.45, 7) is -0.0353. The van der Waals surface area contributed by atoms with Gasteiger partial charge < -0.3 is 5.11 Å². The molecule has 0 aliphatic carbocycles. The molecule has 0 heterocycles. The number of hydrogen-bond donors (Lipinski definition) is 1. The van der Waals surface area contributed by atoms with Crippen molar-refractivity contribution in [3.8, 4) is 0 Å². The molecule has 0 saturated carbocycles. The fraction of sp³-hybridized carbons (Fsp3) is 0.455. The second-order valence-corrected chi connectivity index (χ2v) is 3.74. The maximum atomic E-state index is 12.1. The first kappa shape index (κ1) is 13.0. The summed E-state index contributed by atoms with van der Waals surface area (Å²) in [7, 11) is 1.54. The zero-order chi connectivity index (χ0) is 12.2. The van der Waals surface area contributed by atoms with E-state index in [4.69, 9.17) is 5.11 Å². The molecule has 0 spiro atoms. The first-order valence-corrected chi connectivity index (χ1v) is 4.87. The van der Waals surface area contributed by atoms with Crippen molar-refractivity contribution in [2.75, 3.05) is 13.6 Å². The third-order valence-electron chi connectivity index (χ3n) is 2.16. The maximum Gasteiger partial charge on any atom is 0.415 e. The molecule has 0 saturated heterocycles. The van der Waals surface area contributed by atoms with Gasteiger partial charge in [0, 0.05) is 13.1 Å². The Morgan fingerprint density at radius 1 is 1.25 bits per heavy atom. The molecular weight excluding hydrogens is 219 g/mol. The summed E-state index contributed by atoms with van der Waals surface area (Å²) in [5.74, 6) is 0.